The first-order valence-electron chi connectivity index (χ1n) is 5.55. The predicted octanol–water partition coefficient (Wildman–Crippen LogP) is 4.88. The van der Waals surface area contributed by atoms with Gasteiger partial charge in [0.1, 0.15) is 0 Å². The molecule has 2 aromatic carbocycles. The van der Waals surface area contributed by atoms with E-state index in [1.165, 1.54) is 0 Å². The maximum atomic E-state index is 5.61. The van der Waals surface area contributed by atoms with Crippen molar-refractivity contribution in [3.8, 4) is 0 Å². The van der Waals surface area contributed by atoms with Crippen LogP contribution in [0.3, 0.4) is 0 Å². The van der Waals surface area contributed by atoms with Crippen molar-refractivity contribution in [3.63, 3.8) is 0 Å². The first-order chi connectivity index (χ1) is 8.06. The molecule has 0 atom stereocenters. The van der Waals surface area contributed by atoms with Gasteiger partial charge in [0.25, 0.3) is 0 Å². The van der Waals surface area contributed by atoms with E-state index in [9.17, 15) is 0 Å². The van der Waals surface area contributed by atoms with Crippen molar-refractivity contribution < 1.29 is 18.2 Å². The average Bonchev–Trinajstić information content (AvgIpc) is 2.96. The molecule has 0 fully saturated rings. The van der Waals surface area contributed by atoms with Gasteiger partial charge in [0.15, 0.2) is 0 Å². The molecule has 0 N–H and O–H groups in total. The Morgan fingerprint density at radius 3 is 1.29 bits per heavy atom. The van der Waals surface area contributed by atoms with E-state index in [1.807, 2.05) is 60.7 Å². The molecule has 0 aliphatic rings. The third-order valence-electron chi connectivity index (χ3n) is 1.55. The van der Waals surface area contributed by atoms with Gasteiger partial charge >= 0.3 is 57.8 Å². The second kappa shape index (κ2) is 10.7. The van der Waals surface area contributed by atoms with Gasteiger partial charge in [-0.05, 0) is 0 Å². The molecular weight excluding hydrogens is 397 g/mol. The van der Waals surface area contributed by atoms with Crippen molar-refractivity contribution in [1.29, 1.82) is 0 Å². The van der Waals surface area contributed by atoms with Gasteiger partial charge in [0.2, 0.25) is 0 Å². The van der Waals surface area contributed by atoms with E-state index >= 15 is 0 Å². The van der Waals surface area contributed by atoms with Crippen LogP contribution in [0.25, 0.3) is 0 Å². The maximum Gasteiger partial charge on any atom is -0.172 e. The predicted molar refractivity (Wildman–Crippen MR) is 75.4 cm³/mol. The Labute approximate surface area is 118 Å². The second-order valence-electron chi connectivity index (χ2n) is 4.52. The van der Waals surface area contributed by atoms with Crippen molar-refractivity contribution in [1.82, 2.24) is 0 Å². The van der Waals surface area contributed by atoms with E-state index in [-0.39, 0.29) is 0 Å². The number of rotatable bonds is 0. The van der Waals surface area contributed by atoms with E-state index in [0.29, 0.717) is 5.41 Å². The number of halogens is 1. The molecule has 0 nitrogen and oxygen atoms in total. The quantitative estimate of drug-likeness (QED) is 0.537. The van der Waals surface area contributed by atoms with Crippen LogP contribution in [0.4, 0.5) is 0 Å². The molecule has 17 heavy (non-hydrogen) atoms. The van der Waals surface area contributed by atoms with Crippen molar-refractivity contribution in [3.05, 3.63) is 60.7 Å². The summed E-state index contributed by atoms with van der Waals surface area (Å²) < 4.78 is 2.26. The van der Waals surface area contributed by atoms with Crippen molar-refractivity contribution in [2.75, 3.05) is 0 Å². The standard InChI is InChI=1S/2C5H5.C5H10.ClH.Ta/c2*1-2-4-5-3-1;1-5(2,3)4;;/h2*1-5H;1H,2-4H3;1H;/q2*-1;;;+1/p-1. The van der Waals surface area contributed by atoms with Crippen molar-refractivity contribution >= 4 is 13.4 Å². The number of hydrogen-bond acceptors (Lipinski definition) is 0. The molecule has 0 bridgehead atoms. The maximum absolute atomic E-state index is 5.61. The van der Waals surface area contributed by atoms with Gasteiger partial charge in [-0.15, -0.1) is 0 Å². The zero-order valence-corrected chi connectivity index (χ0v) is 14.6. The summed E-state index contributed by atoms with van der Waals surface area (Å²) in [5.41, 5.74) is 0.374. The van der Waals surface area contributed by atoms with Crippen LogP contribution in [-0.4, -0.2) is 4.23 Å². The SMILES string of the molecule is CC(C)(C)[CH]=[Ta][Cl].c1cc[cH-]c1.c1cc[cH-]c1. The smallest absolute Gasteiger partial charge is 0.172 e. The van der Waals surface area contributed by atoms with Gasteiger partial charge in [-0.25, -0.2) is 24.3 Å². The van der Waals surface area contributed by atoms with Gasteiger partial charge in [-0.2, -0.15) is 36.4 Å². The molecule has 0 spiro atoms. The fraction of sp³-hybridized carbons (Fsp3) is 0.267. The van der Waals surface area contributed by atoms with Gasteiger partial charge in [-0.3, -0.25) is 0 Å². The molecule has 0 aliphatic heterocycles. The third kappa shape index (κ3) is 15.6. The van der Waals surface area contributed by atoms with Crippen LogP contribution >= 0.6 is 9.19 Å². The van der Waals surface area contributed by atoms with Gasteiger partial charge in [-0.1, -0.05) is 0 Å². The Morgan fingerprint density at radius 1 is 0.882 bits per heavy atom. The zero-order chi connectivity index (χ0) is 13.0. The average molecular weight is 417 g/mol. The van der Waals surface area contributed by atoms with Gasteiger partial charge in [0, 0.05) is 0 Å². The Hall–Kier alpha value is -0.400. The Kier molecular flexibility index (Phi) is 10.5. The number of hydrogen-bond donors (Lipinski definition) is 0. The molecule has 2 aromatic rings. The monoisotopic (exact) mass is 416 g/mol. The van der Waals surface area contributed by atoms with E-state index in [2.05, 4.69) is 25.0 Å². The summed E-state index contributed by atoms with van der Waals surface area (Å²) in [7, 11) is 5.61. The summed E-state index contributed by atoms with van der Waals surface area (Å²) >= 11 is -0.643. The Morgan fingerprint density at radius 2 is 1.24 bits per heavy atom. The van der Waals surface area contributed by atoms with Crippen LogP contribution in [0.5, 0.6) is 0 Å². The molecule has 2 rings (SSSR count). The molecule has 0 saturated heterocycles. The minimum absolute atomic E-state index is 0.374. The summed E-state index contributed by atoms with van der Waals surface area (Å²) in [6.45, 7) is 6.54. The normalized spacial score (nSPS) is 10.1. The molecular formula is C15H20ClTa-2. The van der Waals surface area contributed by atoms with Crippen molar-refractivity contribution in [2.24, 2.45) is 5.41 Å². The topological polar surface area (TPSA) is 0 Å². The van der Waals surface area contributed by atoms with Gasteiger partial charge in [0.05, 0.1) is 0 Å². The second-order valence-corrected chi connectivity index (χ2v) is 7.74. The van der Waals surface area contributed by atoms with Crippen LogP contribution in [0.1, 0.15) is 20.8 Å². The Bertz CT molecular complexity index is 278. The molecule has 0 amide bonds. The van der Waals surface area contributed by atoms with Gasteiger partial charge < -0.3 is 0 Å². The van der Waals surface area contributed by atoms with Crippen molar-refractivity contribution in [2.45, 2.75) is 20.8 Å². The minimum Gasteiger partial charge on any atom is -0.214 e. The van der Waals surface area contributed by atoms with E-state index < -0.39 is 18.2 Å². The van der Waals surface area contributed by atoms with Crippen LogP contribution < -0.4 is 0 Å². The Balaban J connectivity index is 0.000000229. The van der Waals surface area contributed by atoms with Crippen LogP contribution in [-0.2, 0) is 18.2 Å². The summed E-state index contributed by atoms with van der Waals surface area (Å²) in [5, 5.41) is 0. The molecule has 0 heterocycles. The molecule has 0 aliphatic carbocycles. The van der Waals surface area contributed by atoms with Crippen LogP contribution in [0.15, 0.2) is 60.7 Å². The third-order valence-corrected chi connectivity index (χ3v) is 5.48. The first kappa shape index (κ1) is 16.6. The zero-order valence-electron chi connectivity index (χ0n) is 10.7. The summed E-state index contributed by atoms with van der Waals surface area (Å²) in [4.78, 5) is 0. The molecule has 0 unspecified atom stereocenters. The molecule has 94 valence electrons. The summed E-state index contributed by atoms with van der Waals surface area (Å²) in [5.74, 6) is 0. The summed E-state index contributed by atoms with van der Waals surface area (Å²) in [6.07, 6.45) is 0. The molecule has 0 radical (unpaired) electrons. The fourth-order valence-corrected chi connectivity index (χ4v) is 4.24. The first-order valence-corrected chi connectivity index (χ1v) is 11.4. The molecule has 2 heteroatoms. The summed E-state index contributed by atoms with van der Waals surface area (Å²) in [6, 6.07) is 20.0. The minimum atomic E-state index is -0.643. The van der Waals surface area contributed by atoms with E-state index in [1.54, 1.807) is 0 Å². The molecule has 0 aromatic heterocycles. The van der Waals surface area contributed by atoms with E-state index in [4.69, 9.17) is 9.19 Å². The largest absolute Gasteiger partial charge is 0.214 e. The van der Waals surface area contributed by atoms with Crippen LogP contribution in [0, 0.1) is 5.41 Å². The molecule has 0 saturated carbocycles. The van der Waals surface area contributed by atoms with Crippen LogP contribution in [0.2, 0.25) is 0 Å². The van der Waals surface area contributed by atoms with E-state index in [0.717, 1.165) is 0 Å². The fourth-order valence-electron chi connectivity index (χ4n) is 0.788.